The SMILES string of the molecule is Cc1ccc2c(c1)C(C)(C)[C@]1(C)NC(=O)CN21. The van der Waals surface area contributed by atoms with E-state index in [0.29, 0.717) is 6.54 Å². The minimum Gasteiger partial charge on any atom is -0.339 e. The summed E-state index contributed by atoms with van der Waals surface area (Å²) < 4.78 is 0. The Labute approximate surface area is 102 Å². The third-order valence-electron chi connectivity index (χ3n) is 4.56. The molecule has 90 valence electrons. The lowest BCUT2D eigenvalue weighted by atomic mass is 9.76. The Hall–Kier alpha value is -1.51. The van der Waals surface area contributed by atoms with E-state index in [1.165, 1.54) is 16.8 Å². The minimum absolute atomic E-state index is 0.0689. The van der Waals surface area contributed by atoms with Gasteiger partial charge >= 0.3 is 0 Å². The maximum atomic E-state index is 11.7. The van der Waals surface area contributed by atoms with Gasteiger partial charge in [-0.05, 0) is 25.5 Å². The zero-order valence-corrected chi connectivity index (χ0v) is 10.8. The van der Waals surface area contributed by atoms with Crippen molar-refractivity contribution in [2.45, 2.75) is 38.8 Å². The molecule has 0 aromatic heterocycles. The van der Waals surface area contributed by atoms with E-state index in [4.69, 9.17) is 0 Å². The highest BCUT2D eigenvalue weighted by Crippen LogP contribution is 2.51. The molecule has 1 amide bonds. The van der Waals surface area contributed by atoms with E-state index in [0.717, 1.165) is 0 Å². The van der Waals surface area contributed by atoms with Gasteiger partial charge in [-0.25, -0.2) is 0 Å². The van der Waals surface area contributed by atoms with Crippen molar-refractivity contribution in [1.29, 1.82) is 0 Å². The summed E-state index contributed by atoms with van der Waals surface area (Å²) in [4.78, 5) is 13.9. The first-order valence-corrected chi connectivity index (χ1v) is 6.06. The monoisotopic (exact) mass is 230 g/mol. The van der Waals surface area contributed by atoms with Gasteiger partial charge in [0, 0.05) is 11.1 Å². The first-order chi connectivity index (χ1) is 7.86. The van der Waals surface area contributed by atoms with Crippen LogP contribution >= 0.6 is 0 Å². The lowest BCUT2D eigenvalue weighted by Gasteiger charge is -2.39. The number of fused-ring (bicyclic) bond motifs is 3. The Balaban J connectivity index is 2.26. The second-order valence-electron chi connectivity index (χ2n) is 5.85. The number of benzene rings is 1. The number of rotatable bonds is 0. The van der Waals surface area contributed by atoms with Crippen molar-refractivity contribution in [3.8, 4) is 0 Å². The molecule has 1 saturated heterocycles. The summed E-state index contributed by atoms with van der Waals surface area (Å²) >= 11 is 0. The van der Waals surface area contributed by atoms with Crippen molar-refractivity contribution in [2.75, 3.05) is 11.4 Å². The van der Waals surface area contributed by atoms with Crippen LogP contribution in [0.2, 0.25) is 0 Å². The molecule has 0 unspecified atom stereocenters. The lowest BCUT2D eigenvalue weighted by molar-refractivity contribution is -0.119. The Kier molecular flexibility index (Phi) is 1.77. The van der Waals surface area contributed by atoms with Crippen LogP contribution in [0.3, 0.4) is 0 Å². The summed E-state index contributed by atoms with van der Waals surface area (Å²) in [6, 6.07) is 6.49. The molecule has 0 bridgehead atoms. The molecule has 3 heteroatoms. The second-order valence-corrected chi connectivity index (χ2v) is 5.85. The van der Waals surface area contributed by atoms with Crippen LogP contribution in [0, 0.1) is 6.92 Å². The highest BCUT2D eigenvalue weighted by atomic mass is 16.2. The van der Waals surface area contributed by atoms with E-state index in [-0.39, 0.29) is 17.0 Å². The molecule has 2 heterocycles. The van der Waals surface area contributed by atoms with Crippen LogP contribution in [0.5, 0.6) is 0 Å². The van der Waals surface area contributed by atoms with E-state index in [1.807, 2.05) is 0 Å². The third-order valence-corrected chi connectivity index (χ3v) is 4.56. The van der Waals surface area contributed by atoms with Gasteiger partial charge in [0.25, 0.3) is 0 Å². The molecule has 1 atom stereocenters. The molecule has 0 spiro atoms. The summed E-state index contributed by atoms with van der Waals surface area (Å²) in [5.41, 5.74) is 3.44. The maximum Gasteiger partial charge on any atom is 0.241 e. The van der Waals surface area contributed by atoms with E-state index >= 15 is 0 Å². The molecule has 1 aromatic carbocycles. The normalized spacial score (nSPS) is 28.9. The number of amides is 1. The van der Waals surface area contributed by atoms with Crippen LogP contribution in [-0.4, -0.2) is 18.1 Å². The Morgan fingerprint density at radius 3 is 2.71 bits per heavy atom. The van der Waals surface area contributed by atoms with Crippen LogP contribution in [-0.2, 0) is 10.2 Å². The van der Waals surface area contributed by atoms with Crippen LogP contribution in [0.15, 0.2) is 18.2 Å². The number of nitrogens with zero attached hydrogens (tertiary/aromatic N) is 1. The van der Waals surface area contributed by atoms with Gasteiger partial charge in [0.1, 0.15) is 5.66 Å². The molecule has 0 saturated carbocycles. The summed E-state index contributed by atoms with van der Waals surface area (Å²) in [5.74, 6) is 0.117. The molecule has 1 N–H and O–H groups in total. The van der Waals surface area contributed by atoms with Gasteiger partial charge in [-0.1, -0.05) is 31.5 Å². The molecule has 2 aliphatic heterocycles. The van der Waals surface area contributed by atoms with Gasteiger partial charge in [-0.15, -0.1) is 0 Å². The summed E-state index contributed by atoms with van der Waals surface area (Å²) in [5, 5.41) is 3.14. The quantitative estimate of drug-likeness (QED) is 0.738. The van der Waals surface area contributed by atoms with Crippen LogP contribution in [0.4, 0.5) is 5.69 Å². The summed E-state index contributed by atoms with van der Waals surface area (Å²) in [7, 11) is 0. The fourth-order valence-corrected chi connectivity index (χ4v) is 3.15. The molecule has 3 rings (SSSR count). The molecule has 1 aromatic rings. The maximum absolute atomic E-state index is 11.7. The number of carbonyl (C=O) groups excluding carboxylic acids is 1. The summed E-state index contributed by atoms with van der Waals surface area (Å²) in [6.07, 6.45) is 0. The largest absolute Gasteiger partial charge is 0.339 e. The van der Waals surface area contributed by atoms with Crippen molar-refractivity contribution in [1.82, 2.24) is 5.32 Å². The van der Waals surface area contributed by atoms with Crippen LogP contribution < -0.4 is 10.2 Å². The predicted molar refractivity (Wildman–Crippen MR) is 68.1 cm³/mol. The number of anilines is 1. The molecular weight excluding hydrogens is 212 g/mol. The first-order valence-electron chi connectivity index (χ1n) is 6.06. The van der Waals surface area contributed by atoms with Crippen molar-refractivity contribution in [3.63, 3.8) is 0 Å². The zero-order valence-electron chi connectivity index (χ0n) is 10.8. The lowest BCUT2D eigenvalue weighted by Crippen LogP contribution is -2.57. The molecule has 0 aliphatic carbocycles. The Morgan fingerprint density at radius 1 is 1.29 bits per heavy atom. The standard InChI is InChI=1S/C14H18N2O/c1-9-5-6-11-10(7-9)13(2,3)14(4)15-12(17)8-16(11)14/h5-7H,8H2,1-4H3,(H,15,17)/t14-/m1/s1. The number of hydrogen-bond donors (Lipinski definition) is 1. The molecule has 3 nitrogen and oxygen atoms in total. The van der Waals surface area contributed by atoms with Crippen molar-refractivity contribution >= 4 is 11.6 Å². The van der Waals surface area contributed by atoms with Gasteiger partial charge in [0.15, 0.2) is 0 Å². The number of nitrogens with one attached hydrogen (secondary N) is 1. The fourth-order valence-electron chi connectivity index (χ4n) is 3.15. The van der Waals surface area contributed by atoms with Gasteiger partial charge in [0.2, 0.25) is 5.91 Å². The molecule has 17 heavy (non-hydrogen) atoms. The first kappa shape index (κ1) is 10.6. The van der Waals surface area contributed by atoms with E-state index in [9.17, 15) is 4.79 Å². The third kappa shape index (κ3) is 1.09. The average molecular weight is 230 g/mol. The summed E-state index contributed by atoms with van der Waals surface area (Å²) in [6.45, 7) is 9.11. The topological polar surface area (TPSA) is 32.3 Å². The second kappa shape index (κ2) is 2.84. The van der Waals surface area contributed by atoms with E-state index in [2.05, 4.69) is 56.1 Å². The van der Waals surface area contributed by atoms with Crippen molar-refractivity contribution in [3.05, 3.63) is 29.3 Å². The van der Waals surface area contributed by atoms with Gasteiger partial charge in [0.05, 0.1) is 6.54 Å². The molecule has 2 aliphatic rings. The minimum atomic E-state index is -0.291. The molecular formula is C14H18N2O. The highest BCUT2D eigenvalue weighted by Gasteiger charge is 2.58. The van der Waals surface area contributed by atoms with Crippen LogP contribution in [0.1, 0.15) is 31.9 Å². The zero-order chi connectivity index (χ0) is 12.4. The van der Waals surface area contributed by atoms with Crippen LogP contribution in [0.25, 0.3) is 0 Å². The smallest absolute Gasteiger partial charge is 0.241 e. The predicted octanol–water partition coefficient (Wildman–Crippen LogP) is 1.94. The Morgan fingerprint density at radius 2 is 2.00 bits per heavy atom. The number of hydrogen-bond acceptors (Lipinski definition) is 2. The van der Waals surface area contributed by atoms with E-state index < -0.39 is 0 Å². The van der Waals surface area contributed by atoms with Crippen molar-refractivity contribution in [2.24, 2.45) is 0 Å². The molecule has 1 fully saturated rings. The van der Waals surface area contributed by atoms with E-state index in [1.54, 1.807) is 0 Å². The average Bonchev–Trinajstić information content (AvgIpc) is 2.61. The van der Waals surface area contributed by atoms with Gasteiger partial charge in [-0.3, -0.25) is 4.79 Å². The fraction of sp³-hybridized carbons (Fsp3) is 0.500. The van der Waals surface area contributed by atoms with Gasteiger partial charge in [-0.2, -0.15) is 0 Å². The number of aryl methyl sites for hydroxylation is 1. The van der Waals surface area contributed by atoms with Gasteiger partial charge < -0.3 is 10.2 Å². The number of carbonyl (C=O) groups is 1. The highest BCUT2D eigenvalue weighted by molar-refractivity contribution is 5.90. The molecule has 0 radical (unpaired) electrons. The van der Waals surface area contributed by atoms with Crippen molar-refractivity contribution < 1.29 is 4.79 Å². The Bertz CT molecular complexity index is 521.